The van der Waals surface area contributed by atoms with Crippen molar-refractivity contribution in [1.82, 2.24) is 0 Å². The molecule has 0 aliphatic rings. The minimum absolute atomic E-state index is 0.533. The zero-order valence-electron chi connectivity index (χ0n) is 9.25. The van der Waals surface area contributed by atoms with Gasteiger partial charge in [0.05, 0.1) is 0 Å². The van der Waals surface area contributed by atoms with E-state index < -0.39 is 19.9 Å². The summed E-state index contributed by atoms with van der Waals surface area (Å²) in [7, 11) is 18.5. The summed E-state index contributed by atoms with van der Waals surface area (Å²) < 4.78 is 0. The summed E-state index contributed by atoms with van der Waals surface area (Å²) in [6.45, 7) is 1.95. The molecular weight excluding hydrogens is 192 g/mol. The minimum atomic E-state index is -1.35. The van der Waals surface area contributed by atoms with Gasteiger partial charge in [-0.15, -0.1) is 0 Å². The molecule has 0 fully saturated rings. The van der Waals surface area contributed by atoms with Gasteiger partial charge >= 0.3 is 7.12 Å². The van der Waals surface area contributed by atoms with E-state index in [1.54, 1.807) is 12.1 Å². The molecule has 70 valence electrons. The second kappa shape index (κ2) is 7.80. The molecular formula is C7H9B7O2. The molecule has 1 rings (SSSR count). The van der Waals surface area contributed by atoms with E-state index in [2.05, 4.69) is 0 Å². The van der Waals surface area contributed by atoms with Gasteiger partial charge in [-0.3, -0.25) is 0 Å². The van der Waals surface area contributed by atoms with Crippen molar-refractivity contribution in [2.45, 2.75) is 6.92 Å². The van der Waals surface area contributed by atoms with Gasteiger partial charge in [0.15, 0.2) is 0 Å². The number of hydrogen-bond donors (Lipinski definition) is 2. The number of aryl methyl sites for hydroxylation is 1. The monoisotopic (exact) mass is 202 g/mol. The highest BCUT2D eigenvalue weighted by molar-refractivity contribution is 7.76. The molecule has 2 nitrogen and oxygen atoms in total. The largest absolute Gasteiger partial charge is 0.488 e. The Bertz CT molecular complexity index is 281. The second-order valence-corrected chi connectivity index (χ2v) is 3.44. The fraction of sp³-hybridized carbons (Fsp3) is 0.143. The molecule has 0 spiro atoms. The molecule has 0 aromatic heterocycles. The van der Waals surface area contributed by atoms with Crippen molar-refractivity contribution < 1.29 is 10.0 Å². The van der Waals surface area contributed by atoms with Crippen LogP contribution in [0.2, 0.25) is 0 Å². The summed E-state index contributed by atoms with van der Waals surface area (Å²) in [5.41, 5.74) is 1.65. The molecule has 8 radical (unpaired) electrons. The third-order valence-corrected chi connectivity index (χ3v) is 1.82. The fourth-order valence-corrected chi connectivity index (χ4v) is 0.739. The molecule has 1 aromatic carbocycles. The van der Waals surface area contributed by atoms with E-state index in [0.717, 1.165) is 5.56 Å². The summed E-state index contributed by atoms with van der Waals surface area (Å²) in [6.07, 6.45) is -1.19. The summed E-state index contributed by atoms with van der Waals surface area (Å²) in [4.78, 5) is 0. The van der Waals surface area contributed by atoms with Gasteiger partial charge in [-0.2, -0.15) is 0 Å². The maximum Gasteiger partial charge on any atom is 0.488 e. The van der Waals surface area contributed by atoms with Gasteiger partial charge in [0.25, 0.3) is 0 Å². The molecule has 0 saturated heterocycles. The van der Waals surface area contributed by atoms with Gasteiger partial charge in [0, 0.05) is 43.7 Å². The Labute approximate surface area is 103 Å². The Morgan fingerprint density at radius 2 is 1.25 bits per heavy atom. The number of rotatable bonds is 2. The first-order valence-electron chi connectivity index (χ1n) is 4.79. The van der Waals surface area contributed by atoms with Crippen LogP contribution in [0.1, 0.15) is 5.56 Å². The van der Waals surface area contributed by atoms with Crippen LogP contribution in [0.5, 0.6) is 0 Å². The molecule has 0 unspecified atom stereocenters. The molecule has 0 bridgehead atoms. The van der Waals surface area contributed by atoms with Crippen molar-refractivity contribution in [3.05, 3.63) is 29.8 Å². The topological polar surface area (TPSA) is 40.5 Å². The molecule has 9 heteroatoms. The number of hydrogen-bond acceptors (Lipinski definition) is 2. The first kappa shape index (κ1) is 15.6. The molecule has 0 aliphatic carbocycles. The zero-order chi connectivity index (χ0) is 12.7. The van der Waals surface area contributed by atoms with Crippen molar-refractivity contribution in [3.63, 3.8) is 0 Å². The maximum absolute atomic E-state index is 8.67. The van der Waals surface area contributed by atoms with Gasteiger partial charge in [-0.1, -0.05) is 29.8 Å². The lowest BCUT2D eigenvalue weighted by atomic mass is 8.81. The van der Waals surface area contributed by atoms with Crippen LogP contribution in [0.3, 0.4) is 0 Å². The normalized spacial score (nSPS) is 8.69. The maximum atomic E-state index is 8.67. The van der Waals surface area contributed by atoms with Crippen LogP contribution in [0.25, 0.3) is 0 Å². The van der Waals surface area contributed by atoms with Crippen LogP contribution in [0, 0.1) is 6.92 Å². The van der Waals surface area contributed by atoms with Gasteiger partial charge in [0.1, 0.15) is 0 Å². The summed E-state index contributed by atoms with van der Waals surface area (Å²) in [5, 5.41) is 17.3. The summed E-state index contributed by atoms with van der Waals surface area (Å²) in [6, 6.07) is 7.07. The van der Waals surface area contributed by atoms with E-state index in [4.69, 9.17) is 41.0 Å². The quantitative estimate of drug-likeness (QED) is 0.514. The smallest absolute Gasteiger partial charge is 0.423 e. The predicted octanol–water partition coefficient (Wildman–Crippen LogP) is -2.61. The third kappa shape index (κ3) is 6.97. The first-order valence-corrected chi connectivity index (χ1v) is 4.79. The Hall–Kier alpha value is -0.405. The molecule has 2 N–H and O–H groups in total. The minimum Gasteiger partial charge on any atom is -0.423 e. The van der Waals surface area contributed by atoms with E-state index >= 15 is 0 Å². The summed E-state index contributed by atoms with van der Waals surface area (Å²) >= 11 is 0. The molecule has 1 aromatic rings. The van der Waals surface area contributed by atoms with Crippen LogP contribution in [0.15, 0.2) is 24.3 Å². The fourth-order valence-electron chi connectivity index (χ4n) is 0.739. The van der Waals surface area contributed by atoms with Crippen molar-refractivity contribution in [3.8, 4) is 0 Å². The Morgan fingerprint density at radius 1 is 0.875 bits per heavy atom. The van der Waals surface area contributed by atoms with Crippen molar-refractivity contribution in [2.75, 3.05) is 0 Å². The van der Waals surface area contributed by atoms with E-state index in [-0.39, 0.29) is 0 Å². The van der Waals surface area contributed by atoms with Crippen LogP contribution >= 0.6 is 0 Å². The zero-order valence-corrected chi connectivity index (χ0v) is 9.25. The lowest BCUT2D eigenvalue weighted by Gasteiger charge is -2.00. The predicted molar refractivity (Wildman–Crippen MR) is 75.5 cm³/mol. The molecule has 0 heterocycles. The van der Waals surface area contributed by atoms with Gasteiger partial charge in [0.2, 0.25) is 0 Å². The van der Waals surface area contributed by atoms with Crippen LogP contribution in [-0.2, 0) is 0 Å². The Kier molecular flexibility index (Phi) is 7.60. The molecule has 0 saturated carbocycles. The highest BCUT2D eigenvalue weighted by atomic mass is 16.4. The number of benzene rings is 1. The van der Waals surface area contributed by atoms with E-state index in [0.29, 0.717) is 5.46 Å². The van der Waals surface area contributed by atoms with Gasteiger partial charge in [-0.25, -0.2) is 0 Å². The van der Waals surface area contributed by atoms with Gasteiger partial charge in [-0.05, 0) is 12.4 Å². The van der Waals surface area contributed by atoms with Crippen molar-refractivity contribution in [1.29, 1.82) is 0 Å². The van der Waals surface area contributed by atoms with E-state index in [9.17, 15) is 0 Å². The van der Waals surface area contributed by atoms with Crippen molar-refractivity contribution >= 4 is 56.3 Å². The average Bonchev–Trinajstić information content (AvgIpc) is 2.19. The lowest BCUT2D eigenvalue weighted by molar-refractivity contribution is 0.426. The van der Waals surface area contributed by atoms with E-state index in [1.807, 2.05) is 19.1 Å². The lowest BCUT2D eigenvalue weighted by Crippen LogP contribution is -2.38. The van der Waals surface area contributed by atoms with Gasteiger partial charge < -0.3 is 10.0 Å². The third-order valence-electron chi connectivity index (χ3n) is 1.82. The average molecular weight is 201 g/mol. The molecule has 16 heavy (non-hydrogen) atoms. The van der Waals surface area contributed by atoms with Crippen LogP contribution < -0.4 is 5.46 Å². The van der Waals surface area contributed by atoms with Crippen LogP contribution in [-0.4, -0.2) is 60.9 Å². The highest BCUT2D eigenvalue weighted by Gasteiger charge is 2.08. The standard InChI is InChI=1S/C7H9BO2.B6/c1-6-2-4-7(5-3-6)8(9)10;1-5(2)6(3)4/h2-5,9-10H,1H3;. The highest BCUT2D eigenvalue weighted by Crippen LogP contribution is 1.92. The Morgan fingerprint density at radius 3 is 1.50 bits per heavy atom. The summed E-state index contributed by atoms with van der Waals surface area (Å²) in [5.74, 6) is 0. The van der Waals surface area contributed by atoms with Crippen molar-refractivity contribution in [2.24, 2.45) is 0 Å². The van der Waals surface area contributed by atoms with Crippen LogP contribution in [0.4, 0.5) is 0 Å². The Balaban J connectivity index is 0.000000325. The second-order valence-electron chi connectivity index (χ2n) is 3.44. The first-order chi connectivity index (χ1) is 7.34. The SMILES string of the molecule is Cc1ccc(B(O)O)cc1.[B]B([B])B([B])[B]. The molecule has 0 atom stereocenters. The molecule has 0 aliphatic heterocycles. The molecule has 0 amide bonds. The van der Waals surface area contributed by atoms with E-state index in [1.165, 1.54) is 0 Å².